The smallest absolute Gasteiger partial charge is 0.150 e. The molecule has 0 amide bonds. The van der Waals surface area contributed by atoms with E-state index in [2.05, 4.69) is 19.1 Å². The van der Waals surface area contributed by atoms with E-state index in [1.54, 1.807) is 0 Å². The van der Waals surface area contributed by atoms with Crippen molar-refractivity contribution >= 4 is 6.29 Å². The number of hydrogen-bond acceptors (Lipinski definition) is 2. The van der Waals surface area contributed by atoms with Crippen LogP contribution in [0.1, 0.15) is 27.9 Å². The number of fused-ring (bicyclic) bond motifs is 1. The van der Waals surface area contributed by atoms with Crippen molar-refractivity contribution in [1.82, 2.24) is 0 Å². The van der Waals surface area contributed by atoms with Gasteiger partial charge in [0.25, 0.3) is 0 Å². The molecule has 1 aliphatic rings. The van der Waals surface area contributed by atoms with E-state index in [4.69, 9.17) is 4.74 Å². The second-order valence-corrected chi connectivity index (χ2v) is 4.97. The van der Waals surface area contributed by atoms with Crippen LogP contribution in [0.2, 0.25) is 0 Å². The first-order valence-electron chi connectivity index (χ1n) is 6.60. The lowest BCUT2D eigenvalue weighted by Gasteiger charge is -2.18. The van der Waals surface area contributed by atoms with Crippen LogP contribution in [0.4, 0.5) is 0 Å². The summed E-state index contributed by atoms with van der Waals surface area (Å²) in [7, 11) is 0. The van der Waals surface area contributed by atoms with E-state index in [1.807, 2.05) is 24.3 Å². The van der Waals surface area contributed by atoms with E-state index in [1.165, 1.54) is 11.1 Å². The van der Waals surface area contributed by atoms with Crippen molar-refractivity contribution in [3.05, 3.63) is 53.1 Å². The van der Waals surface area contributed by atoms with Crippen molar-refractivity contribution in [1.29, 1.82) is 0 Å². The van der Waals surface area contributed by atoms with Crippen LogP contribution in [0, 0.1) is 6.92 Å². The average Bonchev–Trinajstić information content (AvgIpc) is 2.47. The fourth-order valence-corrected chi connectivity index (χ4v) is 2.55. The Morgan fingerprint density at radius 3 is 2.89 bits per heavy atom. The summed E-state index contributed by atoms with van der Waals surface area (Å²) in [6.07, 6.45) is 3.03. The van der Waals surface area contributed by atoms with Crippen LogP contribution in [-0.2, 0) is 6.42 Å². The van der Waals surface area contributed by atoms with Crippen molar-refractivity contribution < 1.29 is 9.53 Å². The minimum Gasteiger partial charge on any atom is -0.493 e. The van der Waals surface area contributed by atoms with Gasteiger partial charge in [0.1, 0.15) is 12.0 Å². The zero-order chi connectivity index (χ0) is 13.2. The number of rotatable bonds is 2. The highest BCUT2D eigenvalue weighted by Gasteiger charge is 2.12. The largest absolute Gasteiger partial charge is 0.493 e. The summed E-state index contributed by atoms with van der Waals surface area (Å²) in [5, 5.41) is 0. The van der Waals surface area contributed by atoms with Gasteiger partial charge in [-0.1, -0.05) is 18.2 Å². The molecule has 0 saturated carbocycles. The lowest BCUT2D eigenvalue weighted by molar-refractivity contribution is 0.112. The minimum absolute atomic E-state index is 0.717. The Hall–Kier alpha value is -2.09. The summed E-state index contributed by atoms with van der Waals surface area (Å²) in [6.45, 7) is 2.88. The Morgan fingerprint density at radius 2 is 2.05 bits per heavy atom. The number of hydrogen-bond donors (Lipinski definition) is 0. The molecule has 2 aromatic rings. The summed E-state index contributed by atoms with van der Waals surface area (Å²) in [5.41, 5.74) is 5.44. The molecule has 0 unspecified atom stereocenters. The molecule has 19 heavy (non-hydrogen) atoms. The molecule has 1 aliphatic heterocycles. The molecule has 3 rings (SSSR count). The normalized spacial score (nSPS) is 13.5. The van der Waals surface area contributed by atoms with E-state index in [9.17, 15) is 4.79 Å². The first kappa shape index (κ1) is 12.0. The SMILES string of the molecule is Cc1ccc(C=O)cc1-c1ccc2c(c1)CCCO2. The molecular formula is C17H16O2. The van der Waals surface area contributed by atoms with E-state index in [0.717, 1.165) is 48.2 Å². The summed E-state index contributed by atoms with van der Waals surface area (Å²) in [4.78, 5) is 10.9. The molecule has 0 N–H and O–H groups in total. The van der Waals surface area contributed by atoms with Gasteiger partial charge in [0.05, 0.1) is 6.61 Å². The van der Waals surface area contributed by atoms with Crippen LogP contribution in [0.25, 0.3) is 11.1 Å². The molecular weight excluding hydrogens is 236 g/mol. The molecule has 0 fully saturated rings. The molecule has 0 aromatic heterocycles. The van der Waals surface area contributed by atoms with Crippen LogP contribution >= 0.6 is 0 Å². The fraction of sp³-hybridized carbons (Fsp3) is 0.235. The van der Waals surface area contributed by atoms with Gasteiger partial charge < -0.3 is 4.74 Å². The number of carbonyl (C=O) groups is 1. The van der Waals surface area contributed by atoms with E-state index in [0.29, 0.717) is 0 Å². The maximum atomic E-state index is 10.9. The van der Waals surface area contributed by atoms with Crippen LogP contribution in [-0.4, -0.2) is 12.9 Å². The van der Waals surface area contributed by atoms with Gasteiger partial charge in [0.15, 0.2) is 0 Å². The maximum absolute atomic E-state index is 10.9. The van der Waals surface area contributed by atoms with Gasteiger partial charge in [-0.2, -0.15) is 0 Å². The molecule has 2 aromatic carbocycles. The third-order valence-corrected chi connectivity index (χ3v) is 3.62. The predicted molar refractivity (Wildman–Crippen MR) is 75.8 cm³/mol. The van der Waals surface area contributed by atoms with Gasteiger partial charge >= 0.3 is 0 Å². The molecule has 1 heterocycles. The highest BCUT2D eigenvalue weighted by Crippen LogP contribution is 2.31. The lowest BCUT2D eigenvalue weighted by Crippen LogP contribution is -2.08. The standard InChI is InChI=1S/C17H16O2/c1-12-4-5-13(11-18)9-16(12)14-6-7-17-15(10-14)3-2-8-19-17/h4-7,9-11H,2-3,8H2,1H3. The third kappa shape index (κ3) is 2.26. The maximum Gasteiger partial charge on any atom is 0.150 e. The monoisotopic (exact) mass is 252 g/mol. The zero-order valence-electron chi connectivity index (χ0n) is 11.0. The molecule has 2 nitrogen and oxygen atoms in total. The Bertz CT molecular complexity index is 629. The van der Waals surface area contributed by atoms with Gasteiger partial charge in [-0.15, -0.1) is 0 Å². The average molecular weight is 252 g/mol. The van der Waals surface area contributed by atoms with Crippen LogP contribution in [0.5, 0.6) is 5.75 Å². The van der Waals surface area contributed by atoms with E-state index in [-0.39, 0.29) is 0 Å². The number of ether oxygens (including phenoxy) is 1. The third-order valence-electron chi connectivity index (χ3n) is 3.62. The number of benzene rings is 2. The lowest BCUT2D eigenvalue weighted by atomic mass is 9.95. The predicted octanol–water partition coefficient (Wildman–Crippen LogP) is 3.80. The Morgan fingerprint density at radius 1 is 1.16 bits per heavy atom. The van der Waals surface area contributed by atoms with Crippen molar-refractivity contribution in [3.8, 4) is 16.9 Å². The van der Waals surface area contributed by atoms with Crippen LogP contribution < -0.4 is 4.74 Å². The molecule has 0 atom stereocenters. The van der Waals surface area contributed by atoms with Crippen molar-refractivity contribution in [2.45, 2.75) is 19.8 Å². The molecule has 0 bridgehead atoms. The van der Waals surface area contributed by atoms with E-state index < -0.39 is 0 Å². The van der Waals surface area contributed by atoms with Crippen molar-refractivity contribution in [3.63, 3.8) is 0 Å². The zero-order valence-corrected chi connectivity index (χ0v) is 11.0. The van der Waals surface area contributed by atoms with Gasteiger partial charge in [-0.25, -0.2) is 0 Å². The highest BCUT2D eigenvalue weighted by molar-refractivity contribution is 5.80. The van der Waals surface area contributed by atoms with Crippen molar-refractivity contribution in [2.24, 2.45) is 0 Å². The van der Waals surface area contributed by atoms with Crippen LogP contribution in [0.3, 0.4) is 0 Å². The van der Waals surface area contributed by atoms with Gasteiger partial charge in [-0.3, -0.25) is 4.79 Å². The number of aryl methyl sites for hydroxylation is 2. The van der Waals surface area contributed by atoms with Gasteiger partial charge in [0, 0.05) is 5.56 Å². The quantitative estimate of drug-likeness (QED) is 0.760. The summed E-state index contributed by atoms with van der Waals surface area (Å²) in [5.74, 6) is 0.999. The summed E-state index contributed by atoms with van der Waals surface area (Å²) >= 11 is 0. The Balaban J connectivity index is 2.09. The molecule has 0 aliphatic carbocycles. The molecule has 0 radical (unpaired) electrons. The molecule has 2 heteroatoms. The number of aldehydes is 1. The molecule has 0 saturated heterocycles. The second-order valence-electron chi connectivity index (χ2n) is 4.97. The van der Waals surface area contributed by atoms with Crippen molar-refractivity contribution in [2.75, 3.05) is 6.61 Å². The first-order chi connectivity index (χ1) is 9.28. The Labute approximate surface area is 113 Å². The molecule has 96 valence electrons. The fourth-order valence-electron chi connectivity index (χ4n) is 2.55. The highest BCUT2D eigenvalue weighted by atomic mass is 16.5. The molecule has 0 spiro atoms. The van der Waals surface area contributed by atoms with Crippen LogP contribution in [0.15, 0.2) is 36.4 Å². The summed E-state index contributed by atoms with van der Waals surface area (Å²) < 4.78 is 5.63. The van der Waals surface area contributed by atoms with Gasteiger partial charge in [-0.05, 0) is 60.2 Å². The van der Waals surface area contributed by atoms with E-state index >= 15 is 0 Å². The number of carbonyl (C=O) groups excluding carboxylic acids is 1. The Kier molecular flexibility index (Phi) is 3.08. The van der Waals surface area contributed by atoms with Gasteiger partial charge in [0.2, 0.25) is 0 Å². The minimum atomic E-state index is 0.717. The summed E-state index contributed by atoms with van der Waals surface area (Å²) in [6, 6.07) is 12.1. The topological polar surface area (TPSA) is 26.3 Å². The second kappa shape index (κ2) is 4.88. The first-order valence-corrected chi connectivity index (χ1v) is 6.60.